The van der Waals surface area contributed by atoms with Crippen molar-refractivity contribution in [2.45, 2.75) is 135 Å². The van der Waals surface area contributed by atoms with E-state index in [1.165, 1.54) is 43.3 Å². The Labute approximate surface area is 435 Å². The summed E-state index contributed by atoms with van der Waals surface area (Å²) in [5.41, 5.74) is 12.5. The zero-order valence-electron chi connectivity index (χ0n) is 42.6. The smallest absolute Gasteiger partial charge is 0.307 e. The molecule has 0 aliphatic heterocycles. The molecule has 406 valence electrons. The number of Topliss-reactive ketones (excluding diaryl/α,β-unsaturated/α-hetero) is 4. The highest BCUT2D eigenvalue weighted by molar-refractivity contribution is 5.97. The number of nitrogens with zero attached hydrogens (tertiary/aromatic N) is 1. The molecule has 0 unspecified atom stereocenters. The molecular formula is C54H71N7O14. The molecule has 0 heterocycles. The topological polar surface area (TPSA) is 364 Å². The van der Waals surface area contributed by atoms with Crippen molar-refractivity contribution in [2.75, 3.05) is 6.54 Å². The fourth-order valence-corrected chi connectivity index (χ4v) is 8.23. The van der Waals surface area contributed by atoms with Gasteiger partial charge in [-0.05, 0) is 85.4 Å². The van der Waals surface area contributed by atoms with Gasteiger partial charge >= 0.3 is 11.9 Å². The standard InChI is InChI=1S/C54H71N7O14/c1-4-32(2)40(52(73)61-42(20-25-51(71)72)47(67)30-37(53(74)75)27-35-12-16-38(63)17-13-35)31-48(68)44(28-34-9-6-5-7-10-34)60-50(70)24-22-46(66)43(29-36-14-18-39(64)19-15-36)59-49(69)23-21-45(65)41(58-33(3)62)11-8-26-57-54(55)56/h5-7,9-10,12-19,32,37,40-44,63-64H,4,8,11,20-31H2,1-3H3,(H,58,62)(H,59,69)(H,60,70)(H,61,73)(H,71,72)(H,74,75)(H4,55,56,57)/t32-,37+,40-,41-,42-,43-,44-/m0/s1. The zero-order chi connectivity index (χ0) is 55.6. The van der Waals surface area contributed by atoms with E-state index in [0.717, 1.165) is 0 Å². The average molecular weight is 1040 g/mol. The van der Waals surface area contributed by atoms with E-state index < -0.39 is 133 Å². The van der Waals surface area contributed by atoms with Crippen LogP contribution in [0.3, 0.4) is 0 Å². The number of aromatic hydroxyl groups is 2. The Bertz CT molecular complexity index is 2460. The quantitative estimate of drug-likeness (QED) is 0.0230. The molecule has 21 heteroatoms. The van der Waals surface area contributed by atoms with Crippen LogP contribution in [0, 0.1) is 17.8 Å². The molecular weight excluding hydrogens is 971 g/mol. The largest absolute Gasteiger partial charge is 0.508 e. The Balaban J connectivity index is 1.79. The predicted octanol–water partition coefficient (Wildman–Crippen LogP) is 2.98. The number of phenolic OH excluding ortho intramolecular Hbond substituents is 2. The fourth-order valence-electron chi connectivity index (χ4n) is 8.23. The molecule has 3 aromatic rings. The van der Waals surface area contributed by atoms with Crippen LogP contribution in [-0.4, -0.2) is 116 Å². The molecule has 0 aliphatic rings. The van der Waals surface area contributed by atoms with Crippen molar-refractivity contribution in [2.24, 2.45) is 34.2 Å². The Kier molecular flexibility index (Phi) is 25.8. The summed E-state index contributed by atoms with van der Waals surface area (Å²) in [6.07, 6.45) is -2.53. The van der Waals surface area contributed by atoms with Gasteiger partial charge in [-0.25, -0.2) is 0 Å². The first-order valence-corrected chi connectivity index (χ1v) is 24.9. The van der Waals surface area contributed by atoms with Gasteiger partial charge in [0.15, 0.2) is 29.1 Å². The number of carbonyl (C=O) groups is 10. The maximum Gasteiger partial charge on any atom is 0.307 e. The highest BCUT2D eigenvalue weighted by atomic mass is 16.4. The van der Waals surface area contributed by atoms with Crippen molar-refractivity contribution in [3.8, 4) is 11.5 Å². The first-order chi connectivity index (χ1) is 35.5. The minimum atomic E-state index is -1.42. The number of ketones is 4. The third-order valence-corrected chi connectivity index (χ3v) is 12.7. The summed E-state index contributed by atoms with van der Waals surface area (Å²) >= 11 is 0. The SMILES string of the molecule is CC[C@H](C)[C@H](CC(=O)[C@H](Cc1ccccc1)NC(=O)CCC(=O)[C@H](Cc1ccc(O)cc1)NC(=O)CCC(=O)[C@H](CCCN=C(N)N)NC(C)=O)C(=O)N[C@@H](CCC(=O)O)C(=O)C[C@@H](Cc1ccc(O)cc1)C(=O)O. The summed E-state index contributed by atoms with van der Waals surface area (Å²) in [4.78, 5) is 136. The number of rotatable bonds is 35. The number of aliphatic carboxylic acids is 2. The molecule has 3 rings (SSSR count). The number of carboxylic acid groups (broad SMARTS) is 2. The van der Waals surface area contributed by atoms with E-state index in [1.54, 1.807) is 56.3 Å². The molecule has 75 heavy (non-hydrogen) atoms. The number of nitrogens with two attached hydrogens (primary N) is 2. The number of hydrogen-bond donors (Lipinski definition) is 10. The van der Waals surface area contributed by atoms with Crippen molar-refractivity contribution >= 4 is 64.7 Å². The molecule has 12 N–H and O–H groups in total. The summed E-state index contributed by atoms with van der Waals surface area (Å²) in [5.74, 6) is -10.4. The maximum atomic E-state index is 14.3. The maximum absolute atomic E-state index is 14.3. The number of guanidine groups is 1. The molecule has 0 saturated heterocycles. The second-order valence-electron chi connectivity index (χ2n) is 18.7. The molecule has 0 aromatic heterocycles. The van der Waals surface area contributed by atoms with E-state index in [4.69, 9.17) is 11.5 Å². The second-order valence-corrected chi connectivity index (χ2v) is 18.7. The van der Waals surface area contributed by atoms with Gasteiger partial charge in [-0.3, -0.25) is 52.9 Å². The normalized spacial score (nSPS) is 13.7. The molecule has 0 spiro atoms. The summed E-state index contributed by atoms with van der Waals surface area (Å²) in [7, 11) is 0. The number of aliphatic imine (C=N–C) groups is 1. The van der Waals surface area contributed by atoms with Crippen LogP contribution >= 0.6 is 0 Å². The number of amides is 4. The van der Waals surface area contributed by atoms with E-state index in [1.807, 2.05) is 0 Å². The van der Waals surface area contributed by atoms with Gasteiger partial charge < -0.3 is 53.2 Å². The van der Waals surface area contributed by atoms with Gasteiger partial charge in [-0.1, -0.05) is 74.9 Å². The third-order valence-electron chi connectivity index (χ3n) is 12.7. The van der Waals surface area contributed by atoms with Gasteiger partial charge in [0.2, 0.25) is 23.6 Å². The summed E-state index contributed by atoms with van der Waals surface area (Å²) in [6, 6.07) is 15.6. The van der Waals surface area contributed by atoms with Gasteiger partial charge in [0.05, 0.1) is 30.1 Å². The monoisotopic (exact) mass is 1040 g/mol. The van der Waals surface area contributed by atoms with Crippen LogP contribution in [-0.2, 0) is 67.2 Å². The molecule has 0 fully saturated rings. The lowest BCUT2D eigenvalue weighted by atomic mass is 9.84. The molecule has 0 bridgehead atoms. The zero-order valence-corrected chi connectivity index (χ0v) is 42.6. The minimum Gasteiger partial charge on any atom is -0.508 e. The lowest BCUT2D eigenvalue weighted by Gasteiger charge is -2.27. The lowest BCUT2D eigenvalue weighted by molar-refractivity contribution is -0.144. The van der Waals surface area contributed by atoms with E-state index in [0.29, 0.717) is 29.5 Å². The van der Waals surface area contributed by atoms with Crippen LogP contribution in [0.2, 0.25) is 0 Å². The first-order valence-electron chi connectivity index (χ1n) is 24.9. The Hall–Kier alpha value is -7.97. The van der Waals surface area contributed by atoms with Crippen LogP contribution in [0.1, 0.15) is 108 Å². The molecule has 0 aliphatic carbocycles. The fraction of sp³-hybridized carbons (Fsp3) is 0.463. The molecule has 0 saturated carbocycles. The molecule has 3 aromatic carbocycles. The van der Waals surface area contributed by atoms with Crippen LogP contribution in [0.4, 0.5) is 0 Å². The number of hydrogen-bond acceptors (Lipinski definition) is 13. The lowest BCUT2D eigenvalue weighted by Crippen LogP contribution is -2.48. The Morgan fingerprint density at radius 1 is 0.560 bits per heavy atom. The highest BCUT2D eigenvalue weighted by Gasteiger charge is 2.35. The van der Waals surface area contributed by atoms with Gasteiger partial charge in [0, 0.05) is 64.3 Å². The molecule has 0 radical (unpaired) electrons. The molecule has 21 nitrogen and oxygen atoms in total. The van der Waals surface area contributed by atoms with E-state index >= 15 is 0 Å². The van der Waals surface area contributed by atoms with Crippen molar-refractivity contribution in [1.82, 2.24) is 21.3 Å². The van der Waals surface area contributed by atoms with E-state index in [-0.39, 0.29) is 68.9 Å². The summed E-state index contributed by atoms with van der Waals surface area (Å²) < 4.78 is 0. The minimum absolute atomic E-state index is 0.0111. The first kappa shape index (κ1) is 61.3. The van der Waals surface area contributed by atoms with Crippen LogP contribution < -0.4 is 32.7 Å². The van der Waals surface area contributed by atoms with Gasteiger partial charge in [-0.2, -0.15) is 0 Å². The van der Waals surface area contributed by atoms with E-state index in [9.17, 15) is 68.4 Å². The van der Waals surface area contributed by atoms with Gasteiger partial charge in [-0.15, -0.1) is 0 Å². The van der Waals surface area contributed by atoms with Crippen LogP contribution in [0.5, 0.6) is 11.5 Å². The van der Waals surface area contributed by atoms with Crippen molar-refractivity contribution in [1.29, 1.82) is 0 Å². The number of nitrogens with one attached hydrogen (secondary N) is 4. The Morgan fingerprint density at radius 3 is 1.53 bits per heavy atom. The van der Waals surface area contributed by atoms with Gasteiger partial charge in [0.25, 0.3) is 0 Å². The van der Waals surface area contributed by atoms with Crippen molar-refractivity contribution in [3.63, 3.8) is 0 Å². The van der Waals surface area contributed by atoms with E-state index in [2.05, 4.69) is 26.3 Å². The third kappa shape index (κ3) is 23.2. The molecule has 4 amide bonds. The number of carboxylic acids is 2. The summed E-state index contributed by atoms with van der Waals surface area (Å²) in [5, 5.41) is 49.6. The number of carbonyl (C=O) groups excluding carboxylic acids is 8. The molecule has 7 atom stereocenters. The Morgan fingerprint density at radius 2 is 1.04 bits per heavy atom. The highest BCUT2D eigenvalue weighted by Crippen LogP contribution is 2.24. The summed E-state index contributed by atoms with van der Waals surface area (Å²) in [6.45, 7) is 4.96. The number of phenols is 2. The van der Waals surface area contributed by atoms with Crippen molar-refractivity contribution in [3.05, 3.63) is 95.6 Å². The average Bonchev–Trinajstić information content (AvgIpc) is 3.36. The van der Waals surface area contributed by atoms with Crippen LogP contribution in [0.15, 0.2) is 83.9 Å². The van der Waals surface area contributed by atoms with Gasteiger partial charge in [0.1, 0.15) is 11.5 Å². The second kappa shape index (κ2) is 31.6. The van der Waals surface area contributed by atoms with Crippen molar-refractivity contribution < 1.29 is 68.4 Å². The number of benzene rings is 3. The predicted molar refractivity (Wildman–Crippen MR) is 276 cm³/mol. The van der Waals surface area contributed by atoms with Crippen LogP contribution in [0.25, 0.3) is 0 Å².